The van der Waals surface area contributed by atoms with Crippen LogP contribution in [0.1, 0.15) is 35.5 Å². The number of nitrogens with zero attached hydrogens (tertiary/aromatic N) is 4. The number of amides is 2. The number of aromatic nitrogens is 2. The van der Waals surface area contributed by atoms with E-state index < -0.39 is 0 Å². The van der Waals surface area contributed by atoms with E-state index in [1.165, 1.54) is 17.5 Å². The van der Waals surface area contributed by atoms with Crippen LogP contribution in [0.4, 0.5) is 5.82 Å². The normalized spacial score (nSPS) is 17.4. The summed E-state index contributed by atoms with van der Waals surface area (Å²) in [5, 5.41) is 6.26. The van der Waals surface area contributed by atoms with E-state index in [9.17, 15) is 9.59 Å². The topological polar surface area (TPSA) is 90.5 Å². The van der Waals surface area contributed by atoms with Crippen molar-refractivity contribution in [2.24, 2.45) is 5.92 Å². The van der Waals surface area contributed by atoms with E-state index in [2.05, 4.69) is 56.7 Å². The lowest BCUT2D eigenvalue weighted by Gasteiger charge is -2.39. The third kappa shape index (κ3) is 5.38. The Morgan fingerprint density at radius 3 is 2.74 bits per heavy atom. The fourth-order valence-electron chi connectivity index (χ4n) is 4.17. The minimum Gasteiger partial charge on any atom is -0.364 e. The van der Waals surface area contributed by atoms with Crippen molar-refractivity contribution in [2.45, 2.75) is 32.9 Å². The van der Waals surface area contributed by atoms with Crippen LogP contribution < -0.4 is 10.6 Å². The maximum absolute atomic E-state index is 12.6. The molecule has 1 atom stereocenters. The molecular formula is C23H30N6O2. The molecule has 2 amide bonds. The number of benzene rings is 1. The van der Waals surface area contributed by atoms with Crippen LogP contribution in [-0.2, 0) is 17.8 Å². The fraction of sp³-hybridized carbons (Fsp3) is 0.478. The van der Waals surface area contributed by atoms with Gasteiger partial charge in [-0.05, 0) is 23.5 Å². The van der Waals surface area contributed by atoms with Crippen LogP contribution in [0.3, 0.4) is 0 Å². The quantitative estimate of drug-likeness (QED) is 0.704. The van der Waals surface area contributed by atoms with Gasteiger partial charge < -0.3 is 15.5 Å². The standard InChI is InChI=1S/C23H30N6O2/c1-16(11-28-8-7-18-5-3-4-6-19(18)12-28)10-24-23(31)21-9-22(26-15-25-21)27-20-13-29(14-20)17(2)30/h3-6,9,15-16,20H,7-8,10-14H2,1-2H3,(H,24,31)(H,25,26,27). The molecule has 2 N–H and O–H groups in total. The molecule has 0 radical (unpaired) electrons. The van der Waals surface area contributed by atoms with E-state index in [4.69, 9.17) is 0 Å². The first kappa shape index (κ1) is 21.2. The average molecular weight is 423 g/mol. The summed E-state index contributed by atoms with van der Waals surface area (Å²) < 4.78 is 0. The van der Waals surface area contributed by atoms with Gasteiger partial charge in [0.15, 0.2) is 0 Å². The van der Waals surface area contributed by atoms with Gasteiger partial charge in [-0.25, -0.2) is 9.97 Å². The lowest BCUT2D eigenvalue weighted by atomic mass is 9.99. The highest BCUT2D eigenvalue weighted by Gasteiger charge is 2.28. The number of fused-ring (bicyclic) bond motifs is 1. The summed E-state index contributed by atoms with van der Waals surface area (Å²) in [5.74, 6) is 0.818. The molecule has 0 saturated carbocycles. The molecule has 0 spiro atoms. The summed E-state index contributed by atoms with van der Waals surface area (Å²) in [5.41, 5.74) is 3.20. The van der Waals surface area contributed by atoms with Crippen molar-refractivity contribution in [3.8, 4) is 0 Å². The summed E-state index contributed by atoms with van der Waals surface area (Å²) in [6, 6.07) is 10.4. The van der Waals surface area contributed by atoms with Crippen molar-refractivity contribution in [3.63, 3.8) is 0 Å². The van der Waals surface area contributed by atoms with Gasteiger partial charge in [0.1, 0.15) is 17.8 Å². The Bertz CT molecular complexity index is 943. The minimum atomic E-state index is -0.194. The van der Waals surface area contributed by atoms with Crippen LogP contribution in [-0.4, -0.2) is 70.3 Å². The molecule has 2 aromatic rings. The second-order valence-corrected chi connectivity index (χ2v) is 8.62. The fourth-order valence-corrected chi connectivity index (χ4v) is 4.17. The maximum atomic E-state index is 12.6. The number of nitrogens with one attached hydrogen (secondary N) is 2. The highest BCUT2D eigenvalue weighted by molar-refractivity contribution is 5.92. The van der Waals surface area contributed by atoms with E-state index in [0.29, 0.717) is 37.1 Å². The SMILES string of the molecule is CC(=O)N1CC(Nc2cc(C(=O)NCC(C)CN3CCc4ccccc4C3)ncn2)C1. The lowest BCUT2D eigenvalue weighted by Crippen LogP contribution is -2.56. The first-order chi connectivity index (χ1) is 15.0. The number of hydrogen-bond donors (Lipinski definition) is 2. The van der Waals surface area contributed by atoms with Crippen LogP contribution in [0.25, 0.3) is 0 Å². The molecule has 164 valence electrons. The van der Waals surface area contributed by atoms with Crippen molar-refractivity contribution in [1.82, 2.24) is 25.1 Å². The second kappa shape index (κ2) is 9.43. The molecule has 2 aliphatic rings. The van der Waals surface area contributed by atoms with Crippen molar-refractivity contribution < 1.29 is 9.59 Å². The predicted molar refractivity (Wildman–Crippen MR) is 119 cm³/mol. The Morgan fingerprint density at radius 2 is 1.97 bits per heavy atom. The van der Waals surface area contributed by atoms with Gasteiger partial charge in [0.2, 0.25) is 5.91 Å². The number of carbonyl (C=O) groups is 2. The van der Waals surface area contributed by atoms with Gasteiger partial charge in [0.25, 0.3) is 5.91 Å². The van der Waals surface area contributed by atoms with Crippen LogP contribution in [0.5, 0.6) is 0 Å². The van der Waals surface area contributed by atoms with E-state index in [1.807, 2.05) is 0 Å². The zero-order chi connectivity index (χ0) is 21.8. The first-order valence-corrected chi connectivity index (χ1v) is 10.9. The largest absolute Gasteiger partial charge is 0.364 e. The van der Waals surface area contributed by atoms with Crippen molar-refractivity contribution in [3.05, 3.63) is 53.5 Å². The first-order valence-electron chi connectivity index (χ1n) is 10.9. The monoisotopic (exact) mass is 422 g/mol. The predicted octanol–water partition coefficient (Wildman–Crippen LogP) is 1.54. The van der Waals surface area contributed by atoms with Gasteiger partial charge in [-0.3, -0.25) is 14.5 Å². The molecule has 31 heavy (non-hydrogen) atoms. The van der Waals surface area contributed by atoms with E-state index in [1.54, 1.807) is 17.9 Å². The number of rotatable bonds is 7. The minimum absolute atomic E-state index is 0.0729. The lowest BCUT2D eigenvalue weighted by molar-refractivity contribution is -0.132. The van der Waals surface area contributed by atoms with E-state index in [0.717, 1.165) is 26.1 Å². The van der Waals surface area contributed by atoms with Gasteiger partial charge in [-0.1, -0.05) is 31.2 Å². The summed E-state index contributed by atoms with van der Waals surface area (Å²) in [4.78, 5) is 36.4. The third-order valence-electron chi connectivity index (χ3n) is 5.97. The van der Waals surface area contributed by atoms with Gasteiger partial charge in [-0.2, -0.15) is 0 Å². The molecule has 1 fully saturated rings. The molecule has 1 aromatic carbocycles. The maximum Gasteiger partial charge on any atom is 0.270 e. The van der Waals surface area contributed by atoms with Crippen LogP contribution in [0, 0.1) is 5.92 Å². The average Bonchev–Trinajstić information content (AvgIpc) is 2.74. The van der Waals surface area contributed by atoms with Crippen LogP contribution in [0.2, 0.25) is 0 Å². The van der Waals surface area contributed by atoms with Gasteiger partial charge in [-0.15, -0.1) is 0 Å². The summed E-state index contributed by atoms with van der Waals surface area (Å²) in [7, 11) is 0. The Labute approximate surface area is 183 Å². The molecule has 1 unspecified atom stereocenters. The van der Waals surface area contributed by atoms with Crippen molar-refractivity contribution in [2.75, 3.05) is 38.0 Å². The van der Waals surface area contributed by atoms with Gasteiger partial charge in [0.05, 0.1) is 6.04 Å². The van der Waals surface area contributed by atoms with E-state index >= 15 is 0 Å². The molecule has 0 bridgehead atoms. The number of carbonyl (C=O) groups excluding carboxylic acids is 2. The zero-order valence-corrected chi connectivity index (χ0v) is 18.2. The molecular weight excluding hydrogens is 392 g/mol. The third-order valence-corrected chi connectivity index (χ3v) is 5.97. The summed E-state index contributed by atoms with van der Waals surface area (Å²) in [6.07, 6.45) is 2.48. The molecule has 0 aliphatic carbocycles. The Kier molecular flexibility index (Phi) is 6.46. The molecule has 2 aliphatic heterocycles. The van der Waals surface area contributed by atoms with Crippen LogP contribution >= 0.6 is 0 Å². The molecule has 3 heterocycles. The van der Waals surface area contributed by atoms with Crippen LogP contribution in [0.15, 0.2) is 36.7 Å². The van der Waals surface area contributed by atoms with Gasteiger partial charge in [0, 0.05) is 52.3 Å². The molecule has 4 rings (SSSR count). The Morgan fingerprint density at radius 1 is 1.19 bits per heavy atom. The molecule has 8 heteroatoms. The second-order valence-electron chi connectivity index (χ2n) is 8.62. The Balaban J connectivity index is 1.23. The van der Waals surface area contributed by atoms with Crippen molar-refractivity contribution in [1.29, 1.82) is 0 Å². The van der Waals surface area contributed by atoms with Crippen molar-refractivity contribution >= 4 is 17.6 Å². The number of hydrogen-bond acceptors (Lipinski definition) is 6. The molecule has 1 saturated heterocycles. The number of anilines is 1. The molecule has 8 nitrogen and oxygen atoms in total. The van der Waals surface area contributed by atoms with E-state index in [-0.39, 0.29) is 17.9 Å². The number of likely N-dealkylation sites (tertiary alicyclic amines) is 1. The summed E-state index contributed by atoms with van der Waals surface area (Å²) in [6.45, 7) is 8.59. The highest BCUT2D eigenvalue weighted by atomic mass is 16.2. The Hall–Kier alpha value is -3.00. The zero-order valence-electron chi connectivity index (χ0n) is 18.2. The highest BCUT2D eigenvalue weighted by Crippen LogP contribution is 2.19. The van der Waals surface area contributed by atoms with Gasteiger partial charge >= 0.3 is 0 Å². The summed E-state index contributed by atoms with van der Waals surface area (Å²) >= 11 is 0. The smallest absolute Gasteiger partial charge is 0.270 e. The molecule has 1 aromatic heterocycles.